The highest BCUT2D eigenvalue weighted by Crippen LogP contribution is 2.12. The van der Waals surface area contributed by atoms with Crippen LogP contribution in [0.15, 0.2) is 0 Å². The minimum Gasteiger partial charge on any atom is -0.412 e. The molecule has 1 unspecified atom stereocenters. The van der Waals surface area contributed by atoms with Crippen molar-refractivity contribution in [3.05, 3.63) is 0 Å². The van der Waals surface area contributed by atoms with Gasteiger partial charge in [0, 0.05) is 32.6 Å². The van der Waals surface area contributed by atoms with Crippen molar-refractivity contribution in [3.8, 4) is 0 Å². The van der Waals surface area contributed by atoms with E-state index in [4.69, 9.17) is 0 Å². The summed E-state index contributed by atoms with van der Waals surface area (Å²) in [7, 11) is 0. The summed E-state index contributed by atoms with van der Waals surface area (Å²) >= 11 is 0. The molecule has 86 valence electrons. The zero-order valence-electron chi connectivity index (χ0n) is 8.58. The second-order valence-electron chi connectivity index (χ2n) is 3.75. The van der Waals surface area contributed by atoms with Gasteiger partial charge < -0.3 is 10.8 Å². The van der Waals surface area contributed by atoms with Crippen LogP contribution in [-0.2, 0) is 9.59 Å². The summed E-state index contributed by atoms with van der Waals surface area (Å²) in [6.45, 7) is 3.65. The lowest BCUT2D eigenvalue weighted by Gasteiger charge is -2.35. The van der Waals surface area contributed by atoms with E-state index in [0.717, 1.165) is 26.2 Å². The van der Waals surface area contributed by atoms with Crippen LogP contribution in [0, 0.1) is 0 Å². The maximum absolute atomic E-state index is 11.5. The highest BCUT2D eigenvalue weighted by atomic mass is 16.2. The zero-order valence-corrected chi connectivity index (χ0v) is 8.58. The highest BCUT2D eigenvalue weighted by molar-refractivity contribution is 6.00. The molecule has 0 bridgehead atoms. The van der Waals surface area contributed by atoms with Crippen molar-refractivity contribution in [2.75, 3.05) is 26.2 Å². The maximum atomic E-state index is 11.5. The van der Waals surface area contributed by atoms with Gasteiger partial charge in [0.05, 0.1) is 6.04 Å². The third-order valence-corrected chi connectivity index (χ3v) is 2.80. The lowest BCUT2D eigenvalue weighted by Crippen LogP contribution is -2.57. The number of carbonyl (C=O) groups is 2. The van der Waals surface area contributed by atoms with Crippen molar-refractivity contribution >= 4 is 11.8 Å². The Morgan fingerprint density at radius 1 is 1.20 bits per heavy atom. The maximum Gasteiger partial charge on any atom is 0.243 e. The molecule has 0 radical (unpaired) electrons. The fourth-order valence-electron chi connectivity index (χ4n) is 2.02. The lowest BCUT2D eigenvalue weighted by molar-refractivity contribution is -0.137. The van der Waals surface area contributed by atoms with Crippen LogP contribution in [0.4, 0.5) is 0 Å². The third-order valence-electron chi connectivity index (χ3n) is 2.80. The Morgan fingerprint density at radius 2 is 1.87 bits per heavy atom. The van der Waals surface area contributed by atoms with E-state index in [1.165, 1.54) is 0 Å². The molecule has 0 spiro atoms. The number of piperidine rings is 1. The first-order valence-corrected chi connectivity index (χ1v) is 5.06. The van der Waals surface area contributed by atoms with Gasteiger partial charge in [-0.2, -0.15) is 0 Å². The molecule has 2 rings (SSSR count). The number of carbonyl (C=O) groups excluding carboxylic acids is 2. The van der Waals surface area contributed by atoms with Gasteiger partial charge in [0.25, 0.3) is 0 Å². The topological polar surface area (TPSA) is 92.9 Å². The molecule has 2 saturated heterocycles. The van der Waals surface area contributed by atoms with Gasteiger partial charge in [0.2, 0.25) is 11.8 Å². The molecule has 2 heterocycles. The predicted octanol–water partition coefficient (Wildman–Crippen LogP) is -2.13. The summed E-state index contributed by atoms with van der Waals surface area (Å²) in [6, 6.07) is -0.0881. The molecule has 4 N–H and O–H groups in total. The summed E-state index contributed by atoms with van der Waals surface area (Å²) in [5, 5.41) is 5.62. The Labute approximate surface area is 88.3 Å². The van der Waals surface area contributed by atoms with Gasteiger partial charge in [-0.15, -0.1) is 0 Å². The molecule has 6 heteroatoms. The van der Waals surface area contributed by atoms with Crippen LogP contribution in [0.1, 0.15) is 12.8 Å². The van der Waals surface area contributed by atoms with E-state index >= 15 is 0 Å². The van der Waals surface area contributed by atoms with Crippen molar-refractivity contribution < 1.29 is 15.1 Å². The first kappa shape index (κ1) is 12.1. The highest BCUT2D eigenvalue weighted by Gasteiger charge is 2.31. The number of nitrogens with one attached hydrogen (secondary N) is 2. The minimum atomic E-state index is -0.138. The van der Waals surface area contributed by atoms with Crippen molar-refractivity contribution in [2.24, 2.45) is 0 Å². The Kier molecular flexibility index (Phi) is 4.19. The van der Waals surface area contributed by atoms with Gasteiger partial charge in [0.15, 0.2) is 0 Å². The quantitative estimate of drug-likeness (QED) is 0.489. The van der Waals surface area contributed by atoms with Crippen LogP contribution in [-0.4, -0.2) is 54.4 Å². The van der Waals surface area contributed by atoms with E-state index in [1.54, 1.807) is 0 Å². The molecule has 0 saturated carbocycles. The van der Waals surface area contributed by atoms with Crippen LogP contribution in [0.3, 0.4) is 0 Å². The molecule has 2 amide bonds. The fraction of sp³-hybridized carbons (Fsp3) is 0.778. The zero-order chi connectivity index (χ0) is 9.97. The Hall–Kier alpha value is -0.980. The molecule has 0 aromatic carbocycles. The van der Waals surface area contributed by atoms with Crippen molar-refractivity contribution in [1.82, 2.24) is 15.5 Å². The molecule has 0 aromatic rings. The molecule has 15 heavy (non-hydrogen) atoms. The minimum absolute atomic E-state index is 0. The smallest absolute Gasteiger partial charge is 0.243 e. The normalized spacial score (nSPS) is 28.1. The lowest BCUT2D eigenvalue weighted by atomic mass is 10.0. The van der Waals surface area contributed by atoms with Gasteiger partial charge in [0.1, 0.15) is 0 Å². The molecule has 2 aliphatic heterocycles. The molecule has 0 aromatic heterocycles. The van der Waals surface area contributed by atoms with E-state index in [-0.39, 0.29) is 23.3 Å². The van der Waals surface area contributed by atoms with E-state index < -0.39 is 0 Å². The average Bonchev–Trinajstić information content (AvgIpc) is 2.19. The first-order valence-electron chi connectivity index (χ1n) is 5.06. The van der Waals surface area contributed by atoms with Crippen molar-refractivity contribution in [3.63, 3.8) is 0 Å². The second kappa shape index (κ2) is 5.20. The summed E-state index contributed by atoms with van der Waals surface area (Å²) in [5.74, 6) is -0.260. The predicted molar refractivity (Wildman–Crippen MR) is 54.2 cm³/mol. The van der Waals surface area contributed by atoms with Crippen molar-refractivity contribution in [1.29, 1.82) is 0 Å². The Balaban J connectivity index is 0.00000112. The van der Waals surface area contributed by atoms with Gasteiger partial charge in [-0.1, -0.05) is 0 Å². The number of piperazine rings is 1. The van der Waals surface area contributed by atoms with Gasteiger partial charge >= 0.3 is 0 Å². The monoisotopic (exact) mass is 215 g/mol. The number of rotatable bonds is 1. The summed E-state index contributed by atoms with van der Waals surface area (Å²) in [4.78, 5) is 24.6. The van der Waals surface area contributed by atoms with Crippen LogP contribution in [0.25, 0.3) is 0 Å². The fourth-order valence-corrected chi connectivity index (χ4v) is 2.02. The molecule has 0 aliphatic carbocycles. The van der Waals surface area contributed by atoms with Crippen LogP contribution < -0.4 is 10.6 Å². The molecular weight excluding hydrogens is 198 g/mol. The molecule has 2 aliphatic rings. The van der Waals surface area contributed by atoms with Crippen LogP contribution >= 0.6 is 0 Å². The van der Waals surface area contributed by atoms with E-state index in [1.807, 2.05) is 0 Å². The van der Waals surface area contributed by atoms with Gasteiger partial charge in [-0.3, -0.25) is 19.8 Å². The number of amides is 2. The summed E-state index contributed by atoms with van der Waals surface area (Å²) in [6.07, 6.45) is 1.14. The standard InChI is InChI=1S/C9H15N3O2.H2O/c13-8-2-1-7(9(14)11-8)12-5-3-10-4-6-12;/h7,10H,1-6H2,(H,11,13,14);1H2. The largest absolute Gasteiger partial charge is 0.412 e. The Bertz CT molecular complexity index is 251. The third kappa shape index (κ3) is 2.74. The second-order valence-corrected chi connectivity index (χ2v) is 3.75. The van der Waals surface area contributed by atoms with E-state index in [2.05, 4.69) is 15.5 Å². The number of imide groups is 1. The molecule has 2 fully saturated rings. The van der Waals surface area contributed by atoms with Crippen LogP contribution in [0.5, 0.6) is 0 Å². The van der Waals surface area contributed by atoms with Crippen molar-refractivity contribution in [2.45, 2.75) is 18.9 Å². The Morgan fingerprint density at radius 3 is 2.47 bits per heavy atom. The number of nitrogens with zero attached hydrogens (tertiary/aromatic N) is 1. The summed E-state index contributed by atoms with van der Waals surface area (Å²) in [5.41, 5.74) is 0. The van der Waals surface area contributed by atoms with E-state index in [0.29, 0.717) is 12.8 Å². The number of hydrogen-bond donors (Lipinski definition) is 2. The average molecular weight is 215 g/mol. The molecule has 6 nitrogen and oxygen atoms in total. The summed E-state index contributed by atoms with van der Waals surface area (Å²) < 4.78 is 0. The first-order chi connectivity index (χ1) is 6.77. The van der Waals surface area contributed by atoms with Gasteiger partial charge in [-0.25, -0.2) is 0 Å². The number of hydrogen-bond acceptors (Lipinski definition) is 4. The SMILES string of the molecule is O.O=C1CCC(N2CCNCC2)C(=O)N1. The van der Waals surface area contributed by atoms with E-state index in [9.17, 15) is 9.59 Å². The molecule has 1 atom stereocenters. The van der Waals surface area contributed by atoms with Crippen LogP contribution in [0.2, 0.25) is 0 Å². The van der Waals surface area contributed by atoms with Gasteiger partial charge in [-0.05, 0) is 6.42 Å². The molecular formula is C9H17N3O3.